The van der Waals surface area contributed by atoms with Crippen molar-refractivity contribution in [2.45, 2.75) is 63.6 Å². The SMILES string of the molecule is CC(C)c1nnc(C[C@@H]2CNC(=O)[C@@H]3C[C@H](NC(=O)C4CC4)CN23)o1. The van der Waals surface area contributed by atoms with Gasteiger partial charge in [0.1, 0.15) is 0 Å². The van der Waals surface area contributed by atoms with Crippen LogP contribution < -0.4 is 10.6 Å². The predicted molar refractivity (Wildman–Crippen MR) is 88.7 cm³/mol. The molecule has 0 aromatic carbocycles. The Bertz CT molecular complexity index is 669. The fourth-order valence-corrected chi connectivity index (χ4v) is 3.72. The largest absolute Gasteiger partial charge is 0.425 e. The molecule has 4 rings (SSSR count). The van der Waals surface area contributed by atoms with E-state index < -0.39 is 0 Å². The summed E-state index contributed by atoms with van der Waals surface area (Å²) in [4.78, 5) is 26.4. The number of carbonyl (C=O) groups excluding carboxylic acids is 2. The van der Waals surface area contributed by atoms with Crippen LogP contribution in [0.5, 0.6) is 0 Å². The molecule has 0 spiro atoms. The molecule has 8 nitrogen and oxygen atoms in total. The van der Waals surface area contributed by atoms with E-state index in [1.54, 1.807) is 0 Å². The van der Waals surface area contributed by atoms with E-state index in [-0.39, 0.29) is 41.8 Å². The maximum Gasteiger partial charge on any atom is 0.237 e. The van der Waals surface area contributed by atoms with E-state index >= 15 is 0 Å². The van der Waals surface area contributed by atoms with Gasteiger partial charge in [-0.2, -0.15) is 0 Å². The highest BCUT2D eigenvalue weighted by Gasteiger charge is 2.45. The van der Waals surface area contributed by atoms with Gasteiger partial charge < -0.3 is 15.1 Å². The van der Waals surface area contributed by atoms with Gasteiger partial charge in [-0.3, -0.25) is 14.5 Å². The van der Waals surface area contributed by atoms with Gasteiger partial charge in [-0.05, 0) is 19.3 Å². The number of hydrogen-bond acceptors (Lipinski definition) is 6. The lowest BCUT2D eigenvalue weighted by Gasteiger charge is -2.36. The Morgan fingerprint density at radius 3 is 2.88 bits per heavy atom. The van der Waals surface area contributed by atoms with Crippen molar-refractivity contribution >= 4 is 11.8 Å². The van der Waals surface area contributed by atoms with E-state index in [2.05, 4.69) is 25.7 Å². The lowest BCUT2D eigenvalue weighted by atomic mass is 10.1. The second-order valence-corrected chi connectivity index (χ2v) is 7.72. The average molecular weight is 347 g/mol. The maximum absolute atomic E-state index is 12.2. The standard InChI is InChI=1S/C17H25N5O3/c1-9(2)17-21-20-14(25-17)6-12-7-18-16(24)13-5-11(8-22(12)13)19-15(23)10-3-4-10/h9-13H,3-8H2,1-2H3,(H,18,24)(H,19,23)/t11-,12+,13-/m0/s1. The molecule has 3 heterocycles. The predicted octanol–water partition coefficient (Wildman–Crippen LogP) is 0.203. The molecule has 3 atom stereocenters. The zero-order chi connectivity index (χ0) is 17.6. The lowest BCUT2D eigenvalue weighted by Crippen LogP contribution is -2.58. The third kappa shape index (κ3) is 3.40. The van der Waals surface area contributed by atoms with Crippen molar-refractivity contribution < 1.29 is 14.0 Å². The molecule has 3 aliphatic rings. The van der Waals surface area contributed by atoms with Gasteiger partial charge in [0.25, 0.3) is 0 Å². The van der Waals surface area contributed by atoms with Crippen LogP contribution in [0.2, 0.25) is 0 Å². The van der Waals surface area contributed by atoms with Crippen LogP contribution in [0.4, 0.5) is 0 Å². The Morgan fingerprint density at radius 2 is 2.20 bits per heavy atom. The lowest BCUT2D eigenvalue weighted by molar-refractivity contribution is -0.129. The van der Waals surface area contributed by atoms with E-state index in [0.29, 0.717) is 37.7 Å². The number of hydrogen-bond donors (Lipinski definition) is 2. The molecular weight excluding hydrogens is 322 g/mol. The molecule has 1 aromatic rings. The van der Waals surface area contributed by atoms with Crippen LogP contribution in [0.15, 0.2) is 4.42 Å². The molecule has 2 N–H and O–H groups in total. The zero-order valence-electron chi connectivity index (χ0n) is 14.7. The smallest absolute Gasteiger partial charge is 0.237 e. The summed E-state index contributed by atoms with van der Waals surface area (Å²) in [5.41, 5.74) is 0. The Hall–Kier alpha value is -1.96. The number of carbonyl (C=O) groups is 2. The van der Waals surface area contributed by atoms with Crippen LogP contribution in [0.3, 0.4) is 0 Å². The van der Waals surface area contributed by atoms with Crippen LogP contribution in [0.1, 0.15) is 50.8 Å². The van der Waals surface area contributed by atoms with Crippen molar-refractivity contribution in [1.29, 1.82) is 0 Å². The number of rotatable bonds is 5. The summed E-state index contributed by atoms with van der Waals surface area (Å²) < 4.78 is 5.72. The summed E-state index contributed by atoms with van der Waals surface area (Å²) in [6, 6.07) is -0.0277. The molecule has 0 bridgehead atoms. The second-order valence-electron chi connectivity index (χ2n) is 7.72. The third-order valence-corrected chi connectivity index (χ3v) is 5.30. The molecule has 8 heteroatoms. The van der Waals surface area contributed by atoms with Gasteiger partial charge in [0.15, 0.2) is 0 Å². The Labute approximate surface area is 146 Å². The minimum atomic E-state index is -0.184. The van der Waals surface area contributed by atoms with Crippen molar-refractivity contribution in [2.24, 2.45) is 5.92 Å². The first-order valence-corrected chi connectivity index (χ1v) is 9.17. The Kier molecular flexibility index (Phi) is 4.23. The highest BCUT2D eigenvalue weighted by Crippen LogP contribution is 2.30. The summed E-state index contributed by atoms with van der Waals surface area (Å²) in [7, 11) is 0. The van der Waals surface area contributed by atoms with E-state index in [1.165, 1.54) is 0 Å². The second kappa shape index (κ2) is 6.40. The average Bonchev–Trinajstić information content (AvgIpc) is 3.17. The molecule has 25 heavy (non-hydrogen) atoms. The minimum absolute atomic E-state index is 0.0401. The maximum atomic E-state index is 12.2. The van der Waals surface area contributed by atoms with Crippen LogP contribution in [-0.4, -0.2) is 58.1 Å². The molecule has 1 aromatic heterocycles. The summed E-state index contributed by atoms with van der Waals surface area (Å²) in [6.45, 7) is 5.30. The van der Waals surface area contributed by atoms with Crippen molar-refractivity contribution in [3.8, 4) is 0 Å². The highest BCUT2D eigenvalue weighted by atomic mass is 16.4. The number of amides is 2. The fraction of sp³-hybridized carbons (Fsp3) is 0.765. The summed E-state index contributed by atoms with van der Waals surface area (Å²) in [6.07, 6.45) is 3.26. The van der Waals surface area contributed by atoms with Crippen molar-refractivity contribution in [3.05, 3.63) is 11.8 Å². The monoisotopic (exact) mass is 347 g/mol. The molecule has 136 valence electrons. The van der Waals surface area contributed by atoms with Gasteiger partial charge >= 0.3 is 0 Å². The molecule has 1 aliphatic carbocycles. The van der Waals surface area contributed by atoms with Crippen LogP contribution >= 0.6 is 0 Å². The van der Waals surface area contributed by atoms with Crippen LogP contribution in [0, 0.1) is 5.92 Å². The molecule has 2 saturated heterocycles. The van der Waals surface area contributed by atoms with Crippen LogP contribution in [-0.2, 0) is 16.0 Å². The van der Waals surface area contributed by atoms with E-state index in [9.17, 15) is 9.59 Å². The molecule has 2 amide bonds. The van der Waals surface area contributed by atoms with Gasteiger partial charge in [0.2, 0.25) is 23.6 Å². The first-order chi connectivity index (χ1) is 12.0. The first-order valence-electron chi connectivity index (χ1n) is 9.17. The Balaban J connectivity index is 1.42. The van der Waals surface area contributed by atoms with Crippen molar-refractivity contribution in [2.75, 3.05) is 13.1 Å². The van der Waals surface area contributed by atoms with Gasteiger partial charge in [0, 0.05) is 43.4 Å². The zero-order valence-corrected chi connectivity index (χ0v) is 14.7. The molecule has 0 radical (unpaired) electrons. The highest BCUT2D eigenvalue weighted by molar-refractivity contribution is 5.84. The minimum Gasteiger partial charge on any atom is -0.425 e. The van der Waals surface area contributed by atoms with E-state index in [0.717, 1.165) is 12.8 Å². The quantitative estimate of drug-likeness (QED) is 0.789. The fourth-order valence-electron chi connectivity index (χ4n) is 3.72. The number of fused-ring (bicyclic) bond motifs is 1. The molecule has 2 aliphatic heterocycles. The number of nitrogens with zero attached hydrogens (tertiary/aromatic N) is 3. The Morgan fingerprint density at radius 1 is 1.40 bits per heavy atom. The van der Waals surface area contributed by atoms with E-state index in [4.69, 9.17) is 4.42 Å². The number of piperazine rings is 1. The summed E-state index contributed by atoms with van der Waals surface area (Å²) >= 11 is 0. The van der Waals surface area contributed by atoms with Gasteiger partial charge in [-0.25, -0.2) is 0 Å². The number of nitrogens with one attached hydrogen (secondary N) is 2. The molecule has 0 unspecified atom stereocenters. The third-order valence-electron chi connectivity index (χ3n) is 5.30. The van der Waals surface area contributed by atoms with Gasteiger partial charge in [0.05, 0.1) is 6.04 Å². The normalized spacial score (nSPS) is 29.6. The van der Waals surface area contributed by atoms with Crippen LogP contribution in [0.25, 0.3) is 0 Å². The van der Waals surface area contributed by atoms with Gasteiger partial charge in [-0.1, -0.05) is 13.8 Å². The number of aromatic nitrogens is 2. The van der Waals surface area contributed by atoms with Gasteiger partial charge in [-0.15, -0.1) is 10.2 Å². The molecule has 1 saturated carbocycles. The summed E-state index contributed by atoms with van der Waals surface area (Å²) in [5.74, 6) is 1.83. The van der Waals surface area contributed by atoms with E-state index in [1.807, 2.05) is 13.8 Å². The first kappa shape index (κ1) is 16.5. The summed E-state index contributed by atoms with van der Waals surface area (Å²) in [5, 5.41) is 14.3. The van der Waals surface area contributed by atoms with Crippen molar-refractivity contribution in [1.82, 2.24) is 25.7 Å². The molecule has 3 fully saturated rings. The molecular formula is C17H25N5O3. The van der Waals surface area contributed by atoms with Crippen molar-refractivity contribution in [3.63, 3.8) is 0 Å². The topological polar surface area (TPSA) is 100 Å².